The van der Waals surface area contributed by atoms with Gasteiger partial charge in [0.15, 0.2) is 0 Å². The van der Waals surface area contributed by atoms with E-state index in [1.165, 1.54) is 37.4 Å². The lowest BCUT2D eigenvalue weighted by Crippen LogP contribution is -1.76. The largest absolute Gasteiger partial charge is 0.344 e. The molecule has 2 heteroatoms. The van der Waals surface area contributed by atoms with Gasteiger partial charge < -0.3 is 6.15 Å². The van der Waals surface area contributed by atoms with E-state index in [1.807, 2.05) is 0 Å². The number of alkyl halides is 1. The third-order valence-corrected chi connectivity index (χ3v) is 1.80. The maximum Gasteiger partial charge on any atom is 0.00313 e. The molecule has 0 aromatic rings. The van der Waals surface area contributed by atoms with E-state index >= 15 is 0 Å². The molecule has 0 unspecified atom stereocenters. The molecule has 0 fully saturated rings. The molecule has 0 amide bonds. The van der Waals surface area contributed by atoms with Crippen LogP contribution in [0.4, 0.5) is 0 Å². The van der Waals surface area contributed by atoms with E-state index in [1.54, 1.807) is 0 Å². The topological polar surface area (TPSA) is 35.0 Å². The van der Waals surface area contributed by atoms with Gasteiger partial charge in [0, 0.05) is 5.33 Å². The zero-order chi connectivity index (χ0) is 6.24. The van der Waals surface area contributed by atoms with Crippen LogP contribution in [-0.2, 0) is 0 Å². The molecule has 0 spiro atoms. The van der Waals surface area contributed by atoms with Crippen molar-refractivity contribution in [2.24, 2.45) is 0 Å². The molecule has 0 saturated carbocycles. The molecule has 9 heavy (non-hydrogen) atoms. The van der Waals surface area contributed by atoms with Gasteiger partial charge >= 0.3 is 0 Å². The summed E-state index contributed by atoms with van der Waals surface area (Å²) in [6.45, 7) is 2.24. The third-order valence-electron chi connectivity index (χ3n) is 1.24. The van der Waals surface area contributed by atoms with Crippen molar-refractivity contribution in [2.45, 2.75) is 39.0 Å². The molecular weight excluding hydrogens is 178 g/mol. The molecule has 0 atom stereocenters. The highest BCUT2D eigenvalue weighted by atomic mass is 79.9. The predicted molar refractivity (Wildman–Crippen MR) is 47.6 cm³/mol. The molecule has 0 saturated heterocycles. The Bertz CT molecular complexity index is 33.9. The van der Waals surface area contributed by atoms with Crippen molar-refractivity contribution in [3.63, 3.8) is 0 Å². The average molecular weight is 196 g/mol. The quantitative estimate of drug-likeness (QED) is 0.529. The van der Waals surface area contributed by atoms with Crippen LogP contribution in [0.2, 0.25) is 0 Å². The van der Waals surface area contributed by atoms with Gasteiger partial charge in [0.05, 0.1) is 0 Å². The lowest BCUT2D eigenvalue weighted by molar-refractivity contribution is 0.660. The third kappa shape index (κ3) is 11.8. The maximum atomic E-state index is 3.40. The van der Waals surface area contributed by atoms with Crippen molar-refractivity contribution in [3.05, 3.63) is 0 Å². The predicted octanol–water partition coefficient (Wildman–Crippen LogP) is 3.51. The van der Waals surface area contributed by atoms with Gasteiger partial charge in [-0.2, -0.15) is 0 Å². The van der Waals surface area contributed by atoms with Crippen molar-refractivity contribution in [2.75, 3.05) is 5.33 Å². The van der Waals surface area contributed by atoms with Crippen LogP contribution in [0.15, 0.2) is 0 Å². The highest BCUT2D eigenvalue weighted by molar-refractivity contribution is 9.09. The van der Waals surface area contributed by atoms with E-state index in [2.05, 4.69) is 22.9 Å². The van der Waals surface area contributed by atoms with E-state index in [0.29, 0.717) is 0 Å². The fraction of sp³-hybridized carbons (Fsp3) is 1.00. The highest BCUT2D eigenvalue weighted by Gasteiger charge is 1.84. The molecule has 0 aliphatic heterocycles. The van der Waals surface area contributed by atoms with Gasteiger partial charge in [0.25, 0.3) is 0 Å². The van der Waals surface area contributed by atoms with Crippen molar-refractivity contribution >= 4 is 15.9 Å². The molecule has 0 aliphatic carbocycles. The number of halogens is 1. The second kappa shape index (κ2) is 11.3. The monoisotopic (exact) mass is 195 g/mol. The fourth-order valence-electron chi connectivity index (χ4n) is 0.698. The van der Waals surface area contributed by atoms with E-state index in [4.69, 9.17) is 0 Å². The van der Waals surface area contributed by atoms with E-state index in [-0.39, 0.29) is 6.15 Å². The maximum absolute atomic E-state index is 3.40. The molecule has 0 rings (SSSR count). The van der Waals surface area contributed by atoms with Crippen LogP contribution in [-0.4, -0.2) is 5.33 Å². The van der Waals surface area contributed by atoms with Crippen LogP contribution in [0, 0.1) is 0 Å². The Hall–Kier alpha value is 0.440. The standard InChI is InChI=1S/C7H15Br.H3N/c1-2-3-4-5-6-7-8;/h2-7H2,1H3;1H3. The highest BCUT2D eigenvalue weighted by Crippen LogP contribution is 2.03. The number of hydrogen-bond acceptors (Lipinski definition) is 1. The second-order valence-electron chi connectivity index (χ2n) is 2.10. The molecule has 0 aromatic carbocycles. The summed E-state index contributed by atoms with van der Waals surface area (Å²) in [7, 11) is 0. The van der Waals surface area contributed by atoms with Gasteiger partial charge in [-0.25, -0.2) is 0 Å². The van der Waals surface area contributed by atoms with Crippen LogP contribution in [0.25, 0.3) is 0 Å². The molecule has 0 aliphatic rings. The Morgan fingerprint density at radius 1 is 1.00 bits per heavy atom. The number of hydrogen-bond donors (Lipinski definition) is 1. The Morgan fingerprint density at radius 2 is 1.56 bits per heavy atom. The van der Waals surface area contributed by atoms with Gasteiger partial charge in [-0.05, 0) is 6.42 Å². The minimum absolute atomic E-state index is 0. The zero-order valence-corrected chi connectivity index (χ0v) is 7.91. The first-order chi connectivity index (χ1) is 3.91. The van der Waals surface area contributed by atoms with Gasteiger partial charge in [-0.3, -0.25) is 0 Å². The number of unbranched alkanes of at least 4 members (excludes halogenated alkanes) is 4. The van der Waals surface area contributed by atoms with E-state index < -0.39 is 0 Å². The summed E-state index contributed by atoms with van der Waals surface area (Å²) in [6, 6.07) is 0. The van der Waals surface area contributed by atoms with Crippen molar-refractivity contribution in [3.8, 4) is 0 Å². The van der Waals surface area contributed by atoms with E-state index in [9.17, 15) is 0 Å². The van der Waals surface area contributed by atoms with Crippen molar-refractivity contribution < 1.29 is 0 Å². The molecule has 0 heterocycles. The smallest absolute Gasteiger partial charge is 0.00313 e. The first-order valence-electron chi connectivity index (χ1n) is 3.47. The molecule has 0 bridgehead atoms. The summed E-state index contributed by atoms with van der Waals surface area (Å²) in [4.78, 5) is 0. The first kappa shape index (κ1) is 12.1. The SMILES string of the molecule is CCCCCCCBr.N. The Morgan fingerprint density at radius 3 is 2.00 bits per heavy atom. The Kier molecular flexibility index (Phi) is 15.2. The van der Waals surface area contributed by atoms with Crippen LogP contribution < -0.4 is 6.15 Å². The summed E-state index contributed by atoms with van der Waals surface area (Å²) < 4.78 is 0. The molecule has 0 aromatic heterocycles. The average Bonchev–Trinajstić information content (AvgIpc) is 1.81. The summed E-state index contributed by atoms with van der Waals surface area (Å²) in [5.41, 5.74) is 0. The lowest BCUT2D eigenvalue weighted by atomic mass is 10.2. The molecular formula is C7H18BrN. The normalized spacial score (nSPS) is 8.67. The molecule has 1 nitrogen and oxygen atoms in total. The van der Waals surface area contributed by atoms with E-state index in [0.717, 1.165) is 0 Å². The van der Waals surface area contributed by atoms with Crippen LogP contribution in [0.5, 0.6) is 0 Å². The summed E-state index contributed by atoms with van der Waals surface area (Å²) in [6.07, 6.45) is 6.93. The van der Waals surface area contributed by atoms with Gasteiger partial charge in [-0.1, -0.05) is 48.5 Å². The Labute approximate surface area is 66.9 Å². The first-order valence-corrected chi connectivity index (χ1v) is 4.60. The molecule has 3 N–H and O–H groups in total. The van der Waals surface area contributed by atoms with Crippen molar-refractivity contribution in [1.29, 1.82) is 0 Å². The minimum Gasteiger partial charge on any atom is -0.344 e. The van der Waals surface area contributed by atoms with Crippen molar-refractivity contribution in [1.82, 2.24) is 6.15 Å². The summed E-state index contributed by atoms with van der Waals surface area (Å²) >= 11 is 3.40. The van der Waals surface area contributed by atoms with Crippen LogP contribution >= 0.6 is 15.9 Å². The van der Waals surface area contributed by atoms with Crippen LogP contribution in [0.1, 0.15) is 39.0 Å². The second-order valence-corrected chi connectivity index (χ2v) is 2.90. The Balaban J connectivity index is 0. The van der Waals surface area contributed by atoms with Gasteiger partial charge in [-0.15, -0.1) is 0 Å². The summed E-state index contributed by atoms with van der Waals surface area (Å²) in [5.74, 6) is 0. The molecule has 0 radical (unpaired) electrons. The minimum atomic E-state index is 0. The zero-order valence-electron chi connectivity index (χ0n) is 6.33. The fourth-order valence-corrected chi connectivity index (χ4v) is 1.09. The van der Waals surface area contributed by atoms with Gasteiger partial charge in [0.2, 0.25) is 0 Å². The van der Waals surface area contributed by atoms with Crippen LogP contribution in [0.3, 0.4) is 0 Å². The number of rotatable bonds is 5. The van der Waals surface area contributed by atoms with Gasteiger partial charge in [0.1, 0.15) is 0 Å². The summed E-state index contributed by atoms with van der Waals surface area (Å²) in [5, 5.41) is 1.18. The molecule has 58 valence electrons. The lowest BCUT2D eigenvalue weighted by Gasteiger charge is -1.93.